The molecule has 2 aliphatic rings. The lowest BCUT2D eigenvalue weighted by Gasteiger charge is -2.38. The van der Waals surface area contributed by atoms with E-state index in [0.717, 1.165) is 42.8 Å². The Labute approximate surface area is 174 Å². The summed E-state index contributed by atoms with van der Waals surface area (Å²) in [5, 5.41) is 3.74. The Morgan fingerprint density at radius 3 is 2.76 bits per heavy atom. The van der Waals surface area contributed by atoms with Crippen molar-refractivity contribution in [3.8, 4) is 5.75 Å². The van der Waals surface area contributed by atoms with Crippen molar-refractivity contribution < 1.29 is 9.53 Å². The van der Waals surface area contributed by atoms with Gasteiger partial charge in [-0.1, -0.05) is 60.9 Å². The summed E-state index contributed by atoms with van der Waals surface area (Å²) >= 11 is 0. The number of rotatable bonds is 4. The van der Waals surface area contributed by atoms with Crippen LogP contribution in [0.3, 0.4) is 0 Å². The number of benzene rings is 2. The van der Waals surface area contributed by atoms with Crippen LogP contribution in [0, 0.1) is 6.92 Å². The van der Waals surface area contributed by atoms with Gasteiger partial charge in [0.15, 0.2) is 0 Å². The third kappa shape index (κ3) is 4.32. The summed E-state index contributed by atoms with van der Waals surface area (Å²) in [5.41, 5.74) is 3.47. The molecule has 1 N–H and O–H groups in total. The minimum absolute atomic E-state index is 0.218. The number of aryl methyl sites for hydroxylation is 1. The number of likely N-dealkylation sites (tertiary alicyclic amines) is 1. The van der Waals surface area contributed by atoms with Crippen molar-refractivity contribution in [1.82, 2.24) is 10.2 Å². The van der Waals surface area contributed by atoms with Gasteiger partial charge in [0.25, 0.3) is 0 Å². The molecule has 2 fully saturated rings. The van der Waals surface area contributed by atoms with Gasteiger partial charge in [-0.25, -0.2) is 0 Å². The van der Waals surface area contributed by atoms with Gasteiger partial charge in [-0.2, -0.15) is 0 Å². The Balaban J connectivity index is 1.62. The van der Waals surface area contributed by atoms with Crippen molar-refractivity contribution in [2.45, 2.75) is 57.0 Å². The van der Waals surface area contributed by atoms with Gasteiger partial charge in [0.2, 0.25) is 5.91 Å². The number of nitrogens with one attached hydrogen (secondary N) is 1. The fraction of sp³-hybridized carbons (Fsp3) is 0.480. The highest BCUT2D eigenvalue weighted by Crippen LogP contribution is 2.34. The van der Waals surface area contributed by atoms with Crippen LogP contribution in [0.15, 0.2) is 48.5 Å². The lowest BCUT2D eigenvalue weighted by molar-refractivity contribution is -0.133. The summed E-state index contributed by atoms with van der Waals surface area (Å²) in [7, 11) is 1.68. The Morgan fingerprint density at radius 1 is 1.14 bits per heavy atom. The second-order valence-electron chi connectivity index (χ2n) is 8.45. The molecule has 29 heavy (non-hydrogen) atoms. The van der Waals surface area contributed by atoms with Crippen molar-refractivity contribution in [3.63, 3.8) is 0 Å². The topological polar surface area (TPSA) is 41.6 Å². The van der Waals surface area contributed by atoms with E-state index >= 15 is 0 Å². The lowest BCUT2D eigenvalue weighted by atomic mass is 9.86. The summed E-state index contributed by atoms with van der Waals surface area (Å²) in [4.78, 5) is 15.8. The summed E-state index contributed by atoms with van der Waals surface area (Å²) in [5.74, 6) is 1.37. The summed E-state index contributed by atoms with van der Waals surface area (Å²) in [6.07, 6.45) is 5.06. The number of fused-ring (bicyclic) bond motifs is 1. The van der Waals surface area contributed by atoms with E-state index < -0.39 is 0 Å². The third-order valence-electron chi connectivity index (χ3n) is 6.52. The Morgan fingerprint density at radius 2 is 1.97 bits per heavy atom. The van der Waals surface area contributed by atoms with E-state index in [1.54, 1.807) is 7.11 Å². The summed E-state index contributed by atoms with van der Waals surface area (Å²) < 4.78 is 5.53. The SMILES string of the molecule is COc1ccc(C)cc1CC(=O)N1CCCCC[C@H]2NC[C@@H](c3ccccc3)[C@@H]21. The van der Waals surface area contributed by atoms with Gasteiger partial charge in [0.1, 0.15) is 5.75 Å². The summed E-state index contributed by atoms with van der Waals surface area (Å²) in [6, 6.07) is 17.4. The number of amides is 1. The van der Waals surface area contributed by atoms with Crippen molar-refractivity contribution in [3.05, 3.63) is 65.2 Å². The average Bonchev–Trinajstić information content (AvgIpc) is 3.11. The van der Waals surface area contributed by atoms with Crippen molar-refractivity contribution in [2.24, 2.45) is 0 Å². The Kier molecular flexibility index (Phi) is 6.19. The number of ether oxygens (including phenoxy) is 1. The van der Waals surface area contributed by atoms with E-state index in [1.165, 1.54) is 18.4 Å². The molecule has 0 radical (unpaired) electrons. The Bertz CT molecular complexity index is 836. The largest absolute Gasteiger partial charge is 0.496 e. The monoisotopic (exact) mass is 392 g/mol. The molecular weight excluding hydrogens is 360 g/mol. The molecule has 0 saturated carbocycles. The molecule has 154 valence electrons. The van der Waals surface area contributed by atoms with Gasteiger partial charge in [-0.15, -0.1) is 0 Å². The second kappa shape index (κ2) is 9.00. The number of methoxy groups -OCH3 is 1. The quantitative estimate of drug-likeness (QED) is 0.853. The maximum atomic E-state index is 13.6. The smallest absolute Gasteiger partial charge is 0.227 e. The third-order valence-corrected chi connectivity index (χ3v) is 6.52. The van der Waals surface area contributed by atoms with Gasteiger partial charge in [0, 0.05) is 30.6 Å². The van der Waals surface area contributed by atoms with Crippen LogP contribution in [-0.2, 0) is 11.2 Å². The molecule has 2 heterocycles. The molecule has 2 aliphatic heterocycles. The van der Waals surface area contributed by atoms with Crippen LogP contribution < -0.4 is 10.1 Å². The first kappa shape index (κ1) is 20.0. The molecule has 0 unspecified atom stereocenters. The number of nitrogens with zero attached hydrogens (tertiary/aromatic N) is 1. The van der Waals surface area contributed by atoms with Gasteiger partial charge in [0.05, 0.1) is 19.6 Å². The van der Waals surface area contributed by atoms with Gasteiger partial charge in [-0.05, 0) is 31.4 Å². The highest BCUT2D eigenvalue weighted by molar-refractivity contribution is 5.80. The van der Waals surface area contributed by atoms with E-state index in [0.29, 0.717) is 18.4 Å². The van der Waals surface area contributed by atoms with Crippen LogP contribution in [0.2, 0.25) is 0 Å². The first-order valence-electron chi connectivity index (χ1n) is 10.9. The van der Waals surface area contributed by atoms with Crippen LogP contribution in [-0.4, -0.2) is 43.1 Å². The first-order valence-corrected chi connectivity index (χ1v) is 10.9. The Hall–Kier alpha value is -2.33. The molecular formula is C25H32N2O2. The van der Waals surface area contributed by atoms with Crippen molar-refractivity contribution in [1.29, 1.82) is 0 Å². The minimum Gasteiger partial charge on any atom is -0.496 e. The maximum Gasteiger partial charge on any atom is 0.227 e. The zero-order valence-electron chi connectivity index (χ0n) is 17.6. The van der Waals surface area contributed by atoms with Gasteiger partial charge < -0.3 is 15.0 Å². The van der Waals surface area contributed by atoms with Crippen LogP contribution in [0.5, 0.6) is 5.75 Å². The second-order valence-corrected chi connectivity index (χ2v) is 8.45. The van der Waals surface area contributed by atoms with E-state index in [2.05, 4.69) is 53.5 Å². The summed E-state index contributed by atoms with van der Waals surface area (Å²) in [6.45, 7) is 3.85. The average molecular weight is 393 g/mol. The fourth-order valence-electron chi connectivity index (χ4n) is 5.10. The molecule has 2 saturated heterocycles. The predicted molar refractivity (Wildman–Crippen MR) is 116 cm³/mol. The molecule has 2 aromatic carbocycles. The van der Waals surface area contributed by atoms with Gasteiger partial charge in [-0.3, -0.25) is 4.79 Å². The number of hydrogen-bond donors (Lipinski definition) is 1. The maximum absolute atomic E-state index is 13.6. The van der Waals surface area contributed by atoms with Crippen molar-refractivity contribution >= 4 is 5.91 Å². The highest BCUT2D eigenvalue weighted by Gasteiger charge is 2.42. The van der Waals surface area contributed by atoms with E-state index in [-0.39, 0.29) is 11.9 Å². The van der Waals surface area contributed by atoms with E-state index in [1.807, 2.05) is 12.1 Å². The van der Waals surface area contributed by atoms with Crippen LogP contribution in [0.4, 0.5) is 0 Å². The predicted octanol–water partition coefficient (Wildman–Crippen LogP) is 4.07. The van der Waals surface area contributed by atoms with Crippen molar-refractivity contribution in [2.75, 3.05) is 20.2 Å². The lowest BCUT2D eigenvalue weighted by Crippen LogP contribution is -2.50. The van der Waals surface area contributed by atoms with Crippen LogP contribution in [0.25, 0.3) is 0 Å². The molecule has 0 spiro atoms. The number of carbonyl (C=O) groups is 1. The molecule has 0 aliphatic carbocycles. The fourth-order valence-corrected chi connectivity index (χ4v) is 5.10. The molecule has 4 heteroatoms. The molecule has 4 rings (SSSR count). The molecule has 2 aromatic rings. The molecule has 0 bridgehead atoms. The van der Waals surface area contributed by atoms with E-state index in [4.69, 9.17) is 4.74 Å². The number of carbonyl (C=O) groups excluding carboxylic acids is 1. The number of hydrogen-bond acceptors (Lipinski definition) is 3. The molecule has 1 amide bonds. The standard InChI is InChI=1S/C25H32N2O2/c1-18-12-13-23(29-2)20(15-18)16-24(28)27-14-8-4-7-11-22-25(27)21(17-26-22)19-9-5-3-6-10-19/h3,5-6,9-10,12-13,15,21-22,25-26H,4,7-8,11,14,16-17H2,1-2H3/t21-,22+,25-/m0/s1. The molecule has 4 nitrogen and oxygen atoms in total. The van der Waals surface area contributed by atoms with E-state index in [9.17, 15) is 4.79 Å². The van der Waals surface area contributed by atoms with Crippen LogP contribution >= 0.6 is 0 Å². The normalized spacial score (nSPS) is 24.5. The highest BCUT2D eigenvalue weighted by atomic mass is 16.5. The molecule has 3 atom stereocenters. The molecule has 0 aromatic heterocycles. The zero-order chi connectivity index (χ0) is 20.2. The van der Waals surface area contributed by atoms with Gasteiger partial charge >= 0.3 is 0 Å². The zero-order valence-corrected chi connectivity index (χ0v) is 17.6. The van der Waals surface area contributed by atoms with Crippen LogP contribution in [0.1, 0.15) is 48.3 Å². The first-order chi connectivity index (χ1) is 14.2. The minimum atomic E-state index is 0.218.